The van der Waals surface area contributed by atoms with Crippen LogP contribution in [0.3, 0.4) is 0 Å². The number of rotatable bonds is 6. The molecule has 1 aromatic carbocycles. The molecular weight excluding hydrogens is 316 g/mol. The van der Waals surface area contributed by atoms with Crippen molar-refractivity contribution in [2.75, 3.05) is 19.3 Å². The van der Waals surface area contributed by atoms with Gasteiger partial charge in [-0.3, -0.25) is 0 Å². The van der Waals surface area contributed by atoms with Crippen molar-refractivity contribution in [3.05, 3.63) is 22.7 Å². The van der Waals surface area contributed by atoms with Crippen LogP contribution in [-0.4, -0.2) is 34.1 Å². The quantitative estimate of drug-likeness (QED) is 0.820. The molecule has 5 heteroatoms. The number of benzene rings is 1. The van der Waals surface area contributed by atoms with Crippen LogP contribution in [0.25, 0.3) is 11.0 Å². The van der Waals surface area contributed by atoms with E-state index in [1.165, 1.54) is 6.42 Å². The second-order valence-corrected chi connectivity index (χ2v) is 6.45. The molecule has 0 radical (unpaired) electrons. The molecule has 0 bridgehead atoms. The van der Waals surface area contributed by atoms with Gasteiger partial charge < -0.3 is 15.2 Å². The van der Waals surface area contributed by atoms with E-state index >= 15 is 0 Å². The third-order valence-corrected chi connectivity index (χ3v) is 4.26. The number of nitrogens with two attached hydrogens (primary N) is 1. The molecule has 0 saturated carbocycles. The van der Waals surface area contributed by atoms with Crippen molar-refractivity contribution in [1.82, 2.24) is 14.5 Å². The van der Waals surface area contributed by atoms with Crippen molar-refractivity contribution < 1.29 is 0 Å². The van der Waals surface area contributed by atoms with Gasteiger partial charge >= 0.3 is 0 Å². The molecule has 20 heavy (non-hydrogen) atoms. The Bertz CT molecular complexity index is 577. The van der Waals surface area contributed by atoms with E-state index < -0.39 is 0 Å². The van der Waals surface area contributed by atoms with E-state index in [1.54, 1.807) is 0 Å². The monoisotopic (exact) mass is 338 g/mol. The van der Waals surface area contributed by atoms with Crippen molar-refractivity contribution in [2.24, 2.45) is 0 Å². The normalized spacial score (nSPS) is 11.9. The van der Waals surface area contributed by atoms with Crippen LogP contribution in [-0.2, 0) is 6.54 Å². The topological polar surface area (TPSA) is 47.1 Å². The Morgan fingerprint density at radius 2 is 2.10 bits per heavy atom. The lowest BCUT2D eigenvalue weighted by Crippen LogP contribution is -2.27. The number of aryl methyl sites for hydroxylation is 1. The van der Waals surface area contributed by atoms with Gasteiger partial charge in [-0.25, -0.2) is 4.98 Å². The fourth-order valence-corrected chi connectivity index (χ4v) is 2.59. The molecule has 0 aliphatic rings. The van der Waals surface area contributed by atoms with Gasteiger partial charge in [-0.1, -0.05) is 15.9 Å². The van der Waals surface area contributed by atoms with Gasteiger partial charge in [-0.05, 0) is 58.5 Å². The van der Waals surface area contributed by atoms with Crippen molar-refractivity contribution >= 4 is 32.9 Å². The maximum atomic E-state index is 6.02. The van der Waals surface area contributed by atoms with Gasteiger partial charge in [0.15, 0.2) is 0 Å². The van der Waals surface area contributed by atoms with E-state index in [1.807, 2.05) is 12.1 Å². The van der Waals surface area contributed by atoms with Crippen LogP contribution in [0.5, 0.6) is 0 Å². The molecule has 2 rings (SSSR count). The van der Waals surface area contributed by atoms with Gasteiger partial charge in [-0.15, -0.1) is 0 Å². The Morgan fingerprint density at radius 3 is 2.80 bits per heavy atom. The predicted octanol–water partition coefficient (Wildman–Crippen LogP) is 3.50. The van der Waals surface area contributed by atoms with Crippen molar-refractivity contribution in [3.63, 3.8) is 0 Å². The van der Waals surface area contributed by atoms with Gasteiger partial charge in [0.25, 0.3) is 0 Å². The number of nitrogens with zero attached hydrogens (tertiary/aromatic N) is 3. The molecule has 0 aliphatic heterocycles. The second-order valence-electron chi connectivity index (χ2n) is 5.54. The summed E-state index contributed by atoms with van der Waals surface area (Å²) in [4.78, 5) is 6.77. The van der Waals surface area contributed by atoms with Gasteiger partial charge in [0.05, 0.1) is 11.0 Å². The lowest BCUT2D eigenvalue weighted by molar-refractivity contribution is 0.266. The lowest BCUT2D eigenvalue weighted by Gasteiger charge is -2.20. The van der Waals surface area contributed by atoms with E-state index in [9.17, 15) is 0 Å². The molecule has 0 amide bonds. The number of anilines is 1. The van der Waals surface area contributed by atoms with E-state index in [4.69, 9.17) is 5.73 Å². The van der Waals surface area contributed by atoms with Gasteiger partial charge in [0, 0.05) is 17.1 Å². The number of halogens is 1. The van der Waals surface area contributed by atoms with Crippen LogP contribution in [0, 0.1) is 0 Å². The van der Waals surface area contributed by atoms with E-state index in [2.05, 4.69) is 57.3 Å². The maximum Gasteiger partial charge on any atom is 0.201 e. The fraction of sp³-hybridized carbons (Fsp3) is 0.533. The highest BCUT2D eigenvalue weighted by Gasteiger charge is 2.08. The van der Waals surface area contributed by atoms with Crippen LogP contribution >= 0.6 is 15.9 Å². The zero-order chi connectivity index (χ0) is 14.7. The Hall–Kier alpha value is -1.07. The van der Waals surface area contributed by atoms with Crippen molar-refractivity contribution in [2.45, 2.75) is 39.3 Å². The second kappa shape index (κ2) is 6.59. The summed E-state index contributed by atoms with van der Waals surface area (Å²) in [6.07, 6.45) is 2.28. The average Bonchev–Trinajstić information content (AvgIpc) is 2.70. The Morgan fingerprint density at radius 1 is 1.35 bits per heavy atom. The minimum Gasteiger partial charge on any atom is -0.369 e. The average molecular weight is 339 g/mol. The molecule has 0 atom stereocenters. The summed E-state index contributed by atoms with van der Waals surface area (Å²) in [5, 5.41) is 0. The number of imidazole rings is 1. The smallest absolute Gasteiger partial charge is 0.201 e. The van der Waals surface area contributed by atoms with Crippen molar-refractivity contribution in [1.29, 1.82) is 0 Å². The first-order chi connectivity index (χ1) is 9.49. The molecular formula is C15H23BrN4. The highest BCUT2D eigenvalue weighted by atomic mass is 79.9. The van der Waals surface area contributed by atoms with Gasteiger partial charge in [-0.2, -0.15) is 0 Å². The summed E-state index contributed by atoms with van der Waals surface area (Å²) >= 11 is 3.50. The van der Waals surface area contributed by atoms with E-state index in [0.29, 0.717) is 12.0 Å². The number of hydrogen-bond donors (Lipinski definition) is 1. The fourth-order valence-electron chi connectivity index (χ4n) is 2.24. The molecule has 2 aromatic rings. The highest BCUT2D eigenvalue weighted by molar-refractivity contribution is 9.10. The SMILES string of the molecule is CC(C)N(C)CCCCn1c(N)nc2ccc(Br)cc21. The first-order valence-electron chi connectivity index (χ1n) is 7.10. The number of aromatic nitrogens is 2. The minimum atomic E-state index is 0.602. The Labute approximate surface area is 129 Å². The van der Waals surface area contributed by atoms with Crippen LogP contribution < -0.4 is 5.73 Å². The molecule has 0 unspecified atom stereocenters. The van der Waals surface area contributed by atoms with E-state index in [0.717, 1.165) is 35.0 Å². The highest BCUT2D eigenvalue weighted by Crippen LogP contribution is 2.22. The number of fused-ring (bicyclic) bond motifs is 1. The van der Waals surface area contributed by atoms with Crippen molar-refractivity contribution in [3.8, 4) is 0 Å². The molecule has 0 fully saturated rings. The predicted molar refractivity (Wildman–Crippen MR) is 88.8 cm³/mol. The maximum absolute atomic E-state index is 6.02. The summed E-state index contributed by atoms with van der Waals surface area (Å²) in [5.74, 6) is 0.607. The molecule has 0 saturated heterocycles. The number of unbranched alkanes of at least 4 members (excludes halogenated alkanes) is 1. The van der Waals surface area contributed by atoms with Crippen LogP contribution in [0.1, 0.15) is 26.7 Å². The lowest BCUT2D eigenvalue weighted by atomic mass is 10.2. The summed E-state index contributed by atoms with van der Waals surface area (Å²) in [6.45, 7) is 6.48. The number of nitrogen functional groups attached to an aromatic ring is 1. The standard InChI is InChI=1S/C15H23BrN4/c1-11(2)19(3)8-4-5-9-20-14-10-12(16)6-7-13(14)18-15(20)17/h6-7,10-11H,4-5,8-9H2,1-3H3,(H2,17,18). The zero-order valence-electron chi connectivity index (χ0n) is 12.4. The summed E-state index contributed by atoms with van der Waals surface area (Å²) in [5.41, 5.74) is 8.09. The minimum absolute atomic E-state index is 0.602. The largest absolute Gasteiger partial charge is 0.369 e. The Balaban J connectivity index is 1.99. The van der Waals surface area contributed by atoms with E-state index in [-0.39, 0.29) is 0 Å². The third-order valence-electron chi connectivity index (χ3n) is 3.76. The molecule has 4 nitrogen and oxygen atoms in total. The molecule has 2 N–H and O–H groups in total. The van der Waals surface area contributed by atoms with Gasteiger partial charge in [0.1, 0.15) is 0 Å². The summed E-state index contributed by atoms with van der Waals surface area (Å²) < 4.78 is 3.17. The third kappa shape index (κ3) is 3.52. The summed E-state index contributed by atoms with van der Waals surface area (Å²) in [6, 6.07) is 6.68. The summed E-state index contributed by atoms with van der Waals surface area (Å²) in [7, 11) is 2.17. The molecule has 1 heterocycles. The molecule has 110 valence electrons. The Kier molecular flexibility index (Phi) is 5.05. The molecule has 0 aliphatic carbocycles. The first-order valence-corrected chi connectivity index (χ1v) is 7.90. The van der Waals surface area contributed by atoms with Crippen LogP contribution in [0.4, 0.5) is 5.95 Å². The zero-order valence-corrected chi connectivity index (χ0v) is 14.0. The molecule has 0 spiro atoms. The van der Waals surface area contributed by atoms with Gasteiger partial charge in [0.2, 0.25) is 5.95 Å². The first kappa shape index (κ1) is 15.3. The molecule has 1 aromatic heterocycles. The number of hydrogen-bond acceptors (Lipinski definition) is 3. The van der Waals surface area contributed by atoms with Crippen LogP contribution in [0.15, 0.2) is 22.7 Å². The van der Waals surface area contributed by atoms with Crippen LogP contribution in [0.2, 0.25) is 0 Å².